The molecule has 0 fully saturated rings. The van der Waals surface area contributed by atoms with Gasteiger partial charge in [0.1, 0.15) is 0 Å². The van der Waals surface area contributed by atoms with Crippen molar-refractivity contribution in [3.05, 3.63) is 123 Å². The van der Waals surface area contributed by atoms with Crippen LogP contribution in [-0.4, -0.2) is 33.2 Å². The molecule has 4 aromatic carbocycles. The van der Waals surface area contributed by atoms with Crippen LogP contribution in [0.4, 0.5) is 17.1 Å². The van der Waals surface area contributed by atoms with Crippen LogP contribution in [0.25, 0.3) is 0 Å². The van der Waals surface area contributed by atoms with Crippen molar-refractivity contribution in [2.24, 2.45) is 0 Å². The van der Waals surface area contributed by atoms with Crippen molar-refractivity contribution in [2.75, 3.05) is 23.9 Å². The van der Waals surface area contributed by atoms with Crippen molar-refractivity contribution in [1.29, 1.82) is 0 Å². The van der Waals surface area contributed by atoms with E-state index in [4.69, 9.17) is 0 Å². The fourth-order valence-electron chi connectivity index (χ4n) is 9.55. The molecule has 2 heterocycles. The molecule has 7 rings (SSSR count). The van der Waals surface area contributed by atoms with E-state index in [1.165, 1.54) is 120 Å². The Morgan fingerprint density at radius 1 is 0.640 bits per heavy atom. The number of hydrogen-bond donors (Lipinski definition) is 0. The number of fused-ring (bicyclic) bond motifs is 4. The first kappa shape index (κ1) is 34.4. The molecule has 0 N–H and O–H groups in total. The fourth-order valence-corrected chi connectivity index (χ4v) is 9.55. The van der Waals surface area contributed by atoms with Crippen molar-refractivity contribution in [3.8, 4) is 0 Å². The first-order chi connectivity index (χ1) is 24.0. The molecular formula is C46H54B2N2. The van der Waals surface area contributed by atoms with Crippen LogP contribution < -0.4 is 31.7 Å². The van der Waals surface area contributed by atoms with Gasteiger partial charge in [-0.2, -0.15) is 0 Å². The predicted octanol–water partition coefficient (Wildman–Crippen LogP) is 8.23. The number of allylic oxidation sites excluding steroid dienone is 4. The summed E-state index contributed by atoms with van der Waals surface area (Å²) in [6, 6.07) is 21.8. The van der Waals surface area contributed by atoms with Gasteiger partial charge in [0.25, 0.3) is 0 Å². The van der Waals surface area contributed by atoms with Gasteiger partial charge in [0.15, 0.2) is 0 Å². The Kier molecular flexibility index (Phi) is 9.35. The first-order valence-corrected chi connectivity index (χ1v) is 19.1. The Balaban J connectivity index is 1.45. The Morgan fingerprint density at radius 2 is 1.26 bits per heavy atom. The quantitative estimate of drug-likeness (QED) is 0.177. The summed E-state index contributed by atoms with van der Waals surface area (Å²) in [6.07, 6.45) is 12.0. The summed E-state index contributed by atoms with van der Waals surface area (Å²) in [5, 5.41) is 0. The van der Waals surface area contributed by atoms with Crippen LogP contribution in [0, 0.1) is 41.5 Å². The molecule has 0 amide bonds. The molecule has 3 aliphatic rings. The third-order valence-electron chi connectivity index (χ3n) is 11.8. The fraction of sp³-hybridized carbons (Fsp3) is 0.370. The molecule has 0 saturated heterocycles. The molecule has 2 aliphatic heterocycles. The van der Waals surface area contributed by atoms with Crippen molar-refractivity contribution in [1.82, 2.24) is 0 Å². The van der Waals surface area contributed by atoms with E-state index in [2.05, 4.69) is 153 Å². The summed E-state index contributed by atoms with van der Waals surface area (Å²) < 4.78 is 0. The second-order valence-corrected chi connectivity index (χ2v) is 15.6. The molecule has 1 aliphatic carbocycles. The number of rotatable bonds is 8. The van der Waals surface area contributed by atoms with Gasteiger partial charge in [-0.1, -0.05) is 0 Å². The van der Waals surface area contributed by atoms with Crippen LogP contribution in [0.1, 0.15) is 96.4 Å². The van der Waals surface area contributed by atoms with Crippen LogP contribution in [-0.2, 0) is 6.42 Å². The van der Waals surface area contributed by atoms with Gasteiger partial charge in [0, 0.05) is 0 Å². The van der Waals surface area contributed by atoms with Gasteiger partial charge >= 0.3 is 304 Å². The van der Waals surface area contributed by atoms with Crippen LogP contribution >= 0.6 is 0 Å². The number of hydrogen-bond acceptors (Lipinski definition) is 2. The van der Waals surface area contributed by atoms with E-state index in [0.717, 1.165) is 12.8 Å². The summed E-state index contributed by atoms with van der Waals surface area (Å²) in [5.74, 6) is 0.263. The van der Waals surface area contributed by atoms with Crippen molar-refractivity contribution >= 4 is 58.0 Å². The van der Waals surface area contributed by atoms with Gasteiger partial charge in [-0.25, -0.2) is 0 Å². The van der Waals surface area contributed by atoms with E-state index in [9.17, 15) is 0 Å². The molecule has 1 unspecified atom stereocenters. The zero-order valence-corrected chi connectivity index (χ0v) is 32.2. The third-order valence-corrected chi connectivity index (χ3v) is 11.8. The number of anilines is 3. The Morgan fingerprint density at radius 3 is 1.92 bits per heavy atom. The first-order valence-electron chi connectivity index (χ1n) is 19.1. The Labute approximate surface area is 303 Å². The molecule has 50 heavy (non-hydrogen) atoms. The van der Waals surface area contributed by atoms with E-state index in [0.29, 0.717) is 0 Å². The van der Waals surface area contributed by atoms with Gasteiger partial charge in [-0.15, -0.1) is 0 Å². The molecule has 0 saturated carbocycles. The van der Waals surface area contributed by atoms with Crippen molar-refractivity contribution in [3.63, 3.8) is 0 Å². The van der Waals surface area contributed by atoms with E-state index in [1.54, 1.807) is 5.57 Å². The second-order valence-electron chi connectivity index (χ2n) is 15.6. The monoisotopic (exact) mass is 656 g/mol. The molecule has 2 nitrogen and oxygen atoms in total. The van der Waals surface area contributed by atoms with Gasteiger partial charge in [0.05, 0.1) is 0 Å². The molecule has 4 heteroatoms. The van der Waals surface area contributed by atoms with Crippen LogP contribution in [0.2, 0.25) is 0 Å². The number of benzene rings is 4. The minimum absolute atomic E-state index is 0.175. The molecule has 4 aromatic rings. The van der Waals surface area contributed by atoms with E-state index >= 15 is 0 Å². The van der Waals surface area contributed by atoms with Gasteiger partial charge < -0.3 is 0 Å². The molecule has 1 atom stereocenters. The van der Waals surface area contributed by atoms with Crippen molar-refractivity contribution < 1.29 is 0 Å². The van der Waals surface area contributed by atoms with E-state index in [1.807, 2.05) is 0 Å². The summed E-state index contributed by atoms with van der Waals surface area (Å²) in [6.45, 7) is 21.0. The molecule has 0 spiro atoms. The molecular weight excluding hydrogens is 602 g/mol. The molecule has 0 bridgehead atoms. The Bertz CT molecular complexity index is 2050. The maximum atomic E-state index is 2.54. The minimum atomic E-state index is 0.175. The summed E-state index contributed by atoms with van der Waals surface area (Å²) in [7, 11) is 4.57. The van der Waals surface area contributed by atoms with Crippen LogP contribution in [0.3, 0.4) is 0 Å². The van der Waals surface area contributed by atoms with Crippen molar-refractivity contribution in [2.45, 2.75) is 99.8 Å². The average Bonchev–Trinajstić information content (AvgIpc) is 3.07. The topological polar surface area (TPSA) is 6.48 Å². The summed E-state index contributed by atoms with van der Waals surface area (Å²) >= 11 is 0. The SMILES string of the molecule is CCCCC1=CC=C2C(=Bc3cc4c(cc3N2C)B(c2c(C)cc(C)cc2C)c2cc(CCCC)ccc2N4C)C1c1c(C)cc(C)cc1C. The normalized spacial score (nSPS) is 16.2. The molecule has 0 radical (unpaired) electrons. The van der Waals surface area contributed by atoms with Gasteiger partial charge in [-0.05, 0) is 0 Å². The predicted molar refractivity (Wildman–Crippen MR) is 223 cm³/mol. The zero-order chi connectivity index (χ0) is 35.4. The van der Waals surface area contributed by atoms with E-state index < -0.39 is 0 Å². The van der Waals surface area contributed by atoms with Crippen LogP contribution in [0.5, 0.6) is 0 Å². The summed E-state index contributed by atoms with van der Waals surface area (Å²) in [4.78, 5) is 4.95. The third kappa shape index (κ3) is 5.83. The molecule has 0 aromatic heterocycles. The second kappa shape index (κ2) is 13.6. The molecule has 254 valence electrons. The number of aryl methyl sites for hydroxylation is 7. The van der Waals surface area contributed by atoms with E-state index in [-0.39, 0.29) is 12.6 Å². The number of unbranched alkanes of at least 4 members (excludes halogenated alkanes) is 2. The average molecular weight is 657 g/mol. The summed E-state index contributed by atoms with van der Waals surface area (Å²) in [5.41, 5.74) is 25.0. The Hall–Kier alpha value is -4.04. The van der Waals surface area contributed by atoms with Crippen LogP contribution in [0.15, 0.2) is 78.0 Å². The maximum absolute atomic E-state index is 2.54. The van der Waals surface area contributed by atoms with Gasteiger partial charge in [-0.3, -0.25) is 0 Å². The standard InChI is InChI=1S/C46H54B2N2/c1-11-13-15-34-17-19-39-37(25-34)48(46-32(7)23-29(4)24-33(46)8)38-27-41-36(26-42(38)49(39)9)47-45-40(50(41)10)20-18-35(16-14-12-2)44(45)43-30(5)21-28(3)22-31(43)6/h17-27,44H,11-16H2,1-10H3. The zero-order valence-electron chi connectivity index (χ0n) is 32.2. The number of nitrogens with zero attached hydrogens (tertiary/aromatic N) is 2. The van der Waals surface area contributed by atoms with Gasteiger partial charge in [0.2, 0.25) is 0 Å².